The van der Waals surface area contributed by atoms with Gasteiger partial charge in [0.05, 0.1) is 6.10 Å². The molecule has 0 aromatic heterocycles. The number of hydrogen-bond donors (Lipinski definition) is 1. The number of carbonyl (C=O) groups excluding carboxylic acids is 2. The van der Waals surface area contributed by atoms with E-state index in [-0.39, 0.29) is 51.5 Å². The van der Waals surface area contributed by atoms with Crippen molar-refractivity contribution >= 4 is 11.9 Å². The van der Waals surface area contributed by atoms with Crippen molar-refractivity contribution < 1.29 is 24.2 Å². The van der Waals surface area contributed by atoms with Crippen molar-refractivity contribution in [2.45, 2.75) is 195 Å². The Morgan fingerprint density at radius 1 is 0.816 bits per heavy atom. The van der Waals surface area contributed by atoms with E-state index < -0.39 is 17.6 Å². The van der Waals surface area contributed by atoms with Gasteiger partial charge < -0.3 is 14.6 Å². The van der Waals surface area contributed by atoms with E-state index >= 15 is 0 Å². The predicted molar refractivity (Wildman–Crippen MR) is 197 cm³/mol. The normalized spacial score (nSPS) is 44.7. The summed E-state index contributed by atoms with van der Waals surface area (Å²) in [6, 6.07) is 0. The first-order chi connectivity index (χ1) is 23.2. The van der Waals surface area contributed by atoms with E-state index in [9.17, 15) is 14.7 Å². The van der Waals surface area contributed by atoms with E-state index in [1.807, 2.05) is 0 Å². The zero-order valence-electron chi connectivity index (χ0n) is 32.5. The van der Waals surface area contributed by atoms with Crippen molar-refractivity contribution in [3.8, 4) is 0 Å². The lowest BCUT2D eigenvalue weighted by atomic mass is 9.32. The topological polar surface area (TPSA) is 72.8 Å². The van der Waals surface area contributed by atoms with Crippen LogP contribution in [0.1, 0.15) is 177 Å². The maximum Gasteiger partial charge on any atom is 0.316 e. The third-order valence-corrected chi connectivity index (χ3v) is 17.0. The Hall–Kier alpha value is -1.36. The van der Waals surface area contributed by atoms with Gasteiger partial charge >= 0.3 is 11.9 Å². The van der Waals surface area contributed by atoms with Crippen LogP contribution in [0, 0.1) is 56.7 Å². The van der Waals surface area contributed by atoms with Gasteiger partial charge in [0.15, 0.2) is 6.10 Å². The standard InChI is InChI=1S/C44H72O5/c1-9-10-11-12-13-14-15-16-17-18-19-20-34(46)48-38-37-35(29(2)3)36-30-21-22-32-41(6)25-24-33(45)40(4,5)31(41)23-26-43(32,8)42(30,7)27-28-44(36,38)39(47)49-37/h30-33,35-38,45H,2,9-28H2,1,3-8H3/t30-,31+,32-,33-,35+,36+,37-,38-,41+,42-,43-,44+/m1/s1. The molecule has 5 nitrogen and oxygen atoms in total. The summed E-state index contributed by atoms with van der Waals surface area (Å²) in [6.45, 7) is 21.2. The first kappa shape index (κ1) is 37.4. The average Bonchev–Trinajstić information content (AvgIpc) is 3.46. The van der Waals surface area contributed by atoms with E-state index in [0.29, 0.717) is 24.2 Å². The maximum absolute atomic E-state index is 14.0. The zero-order valence-corrected chi connectivity index (χ0v) is 32.5. The van der Waals surface area contributed by atoms with Crippen molar-refractivity contribution in [2.24, 2.45) is 56.7 Å². The Morgan fingerprint density at radius 2 is 1.45 bits per heavy atom. The fourth-order valence-electron chi connectivity index (χ4n) is 14.2. The number of hydrogen-bond acceptors (Lipinski definition) is 5. The molecule has 1 saturated heterocycles. The van der Waals surface area contributed by atoms with Crippen LogP contribution in [0.5, 0.6) is 0 Å². The fraction of sp³-hybridized carbons (Fsp3) is 0.909. The lowest BCUT2D eigenvalue weighted by Crippen LogP contribution is -2.67. The van der Waals surface area contributed by atoms with Crippen LogP contribution in [-0.4, -0.2) is 35.4 Å². The Balaban J connectivity index is 1.13. The van der Waals surface area contributed by atoms with Gasteiger partial charge in [-0.05, 0) is 110 Å². The minimum Gasteiger partial charge on any atom is -0.457 e. The number of carbonyl (C=O) groups is 2. The van der Waals surface area contributed by atoms with Crippen LogP contribution < -0.4 is 0 Å². The Kier molecular flexibility index (Phi) is 10.6. The summed E-state index contributed by atoms with van der Waals surface area (Å²) in [4.78, 5) is 27.5. The van der Waals surface area contributed by atoms with Crippen LogP contribution in [0.15, 0.2) is 12.2 Å². The number of fused-ring (bicyclic) bond motifs is 7. The second-order valence-electron chi connectivity index (χ2n) is 19.5. The van der Waals surface area contributed by atoms with Gasteiger partial charge in [-0.25, -0.2) is 0 Å². The number of unbranched alkanes of at least 4 members (excludes halogenated alkanes) is 10. The van der Waals surface area contributed by atoms with E-state index in [2.05, 4.69) is 55.0 Å². The minimum absolute atomic E-state index is 0.0398. The molecule has 278 valence electrons. The lowest BCUT2D eigenvalue weighted by molar-refractivity contribution is -0.252. The molecule has 0 aromatic carbocycles. The molecule has 0 aromatic rings. The molecule has 5 aliphatic carbocycles. The summed E-state index contributed by atoms with van der Waals surface area (Å²) in [5, 5.41) is 11.1. The smallest absolute Gasteiger partial charge is 0.316 e. The van der Waals surface area contributed by atoms with Gasteiger partial charge in [0.2, 0.25) is 0 Å². The van der Waals surface area contributed by atoms with Crippen LogP contribution in [0.3, 0.4) is 0 Å². The van der Waals surface area contributed by atoms with E-state index in [4.69, 9.17) is 9.47 Å². The first-order valence-electron chi connectivity index (χ1n) is 20.9. The second kappa shape index (κ2) is 13.9. The van der Waals surface area contributed by atoms with Gasteiger partial charge in [-0.2, -0.15) is 0 Å². The molecule has 1 spiro atoms. The summed E-state index contributed by atoms with van der Waals surface area (Å²) in [6.07, 6.45) is 21.4. The molecule has 0 unspecified atom stereocenters. The second-order valence-corrected chi connectivity index (χ2v) is 19.5. The summed E-state index contributed by atoms with van der Waals surface area (Å²) in [5.74, 6) is 1.40. The van der Waals surface area contributed by atoms with Crippen LogP contribution in [0.2, 0.25) is 0 Å². The van der Waals surface area contributed by atoms with Crippen LogP contribution in [0.4, 0.5) is 0 Å². The molecule has 5 heteroatoms. The Bertz CT molecular complexity index is 1240. The SMILES string of the molecule is C=C(C)[C@@H]1[C@H]2OC(=O)[C@]3(CC[C@]4(C)[C@H](CC[C@@H]5[C@@]6(C)CC[C@@H](O)C(C)(C)[C@@H]6CC[C@]54C)[C@@H]13)[C@@H]2OC(=O)CCCCCCCCCCCCC. The molecule has 12 atom stereocenters. The largest absolute Gasteiger partial charge is 0.457 e. The highest BCUT2D eigenvalue weighted by Crippen LogP contribution is 2.78. The number of rotatable bonds is 14. The van der Waals surface area contributed by atoms with Crippen LogP contribution >= 0.6 is 0 Å². The van der Waals surface area contributed by atoms with E-state index in [1.54, 1.807) is 0 Å². The Labute approximate surface area is 299 Å². The summed E-state index contributed by atoms with van der Waals surface area (Å²) < 4.78 is 12.6. The number of esters is 2. The van der Waals surface area contributed by atoms with Gasteiger partial charge in [-0.3, -0.25) is 9.59 Å². The molecule has 1 heterocycles. The van der Waals surface area contributed by atoms with Crippen LogP contribution in [-0.2, 0) is 19.1 Å². The summed E-state index contributed by atoms with van der Waals surface area (Å²) in [7, 11) is 0. The highest BCUT2D eigenvalue weighted by molar-refractivity contribution is 5.84. The minimum atomic E-state index is -0.744. The van der Waals surface area contributed by atoms with Gasteiger partial charge in [0.25, 0.3) is 0 Å². The summed E-state index contributed by atoms with van der Waals surface area (Å²) >= 11 is 0. The number of aliphatic hydroxyl groups excluding tert-OH is 1. The average molecular weight is 681 g/mol. The molecule has 1 aliphatic heterocycles. The molecular weight excluding hydrogens is 608 g/mol. The molecular formula is C44H72O5. The molecule has 2 bridgehead atoms. The van der Waals surface area contributed by atoms with Crippen molar-refractivity contribution in [3.63, 3.8) is 0 Å². The van der Waals surface area contributed by atoms with Crippen molar-refractivity contribution in [1.29, 1.82) is 0 Å². The van der Waals surface area contributed by atoms with Crippen LogP contribution in [0.25, 0.3) is 0 Å². The monoisotopic (exact) mass is 681 g/mol. The number of ether oxygens (including phenoxy) is 2. The van der Waals surface area contributed by atoms with Gasteiger partial charge in [-0.1, -0.05) is 118 Å². The highest BCUT2D eigenvalue weighted by Gasteiger charge is 2.80. The predicted octanol–water partition coefficient (Wildman–Crippen LogP) is 10.8. The molecule has 5 saturated carbocycles. The molecule has 49 heavy (non-hydrogen) atoms. The third kappa shape index (κ3) is 5.80. The maximum atomic E-state index is 14.0. The molecule has 6 rings (SSSR count). The molecule has 0 amide bonds. The Morgan fingerprint density at radius 3 is 2.08 bits per heavy atom. The zero-order chi connectivity index (χ0) is 35.4. The highest BCUT2D eigenvalue weighted by atomic mass is 16.6. The molecule has 0 radical (unpaired) electrons. The van der Waals surface area contributed by atoms with E-state index in [0.717, 1.165) is 50.5 Å². The molecule has 1 N–H and O–H groups in total. The molecule has 6 fully saturated rings. The number of aliphatic hydroxyl groups is 1. The van der Waals surface area contributed by atoms with Crippen molar-refractivity contribution in [2.75, 3.05) is 0 Å². The quantitative estimate of drug-likeness (QED) is 0.112. The van der Waals surface area contributed by atoms with Crippen molar-refractivity contribution in [3.05, 3.63) is 12.2 Å². The van der Waals surface area contributed by atoms with Crippen molar-refractivity contribution in [1.82, 2.24) is 0 Å². The van der Waals surface area contributed by atoms with Gasteiger partial charge in [0, 0.05) is 12.3 Å². The lowest BCUT2D eigenvalue weighted by Gasteiger charge is -2.72. The third-order valence-electron chi connectivity index (χ3n) is 17.0. The summed E-state index contributed by atoms with van der Waals surface area (Å²) in [5.41, 5.74) is 0.730. The van der Waals surface area contributed by atoms with Gasteiger partial charge in [0.1, 0.15) is 11.5 Å². The van der Waals surface area contributed by atoms with E-state index in [1.165, 1.54) is 77.0 Å². The molecule has 6 aliphatic rings. The fourth-order valence-corrected chi connectivity index (χ4v) is 14.2. The first-order valence-corrected chi connectivity index (χ1v) is 20.9. The van der Waals surface area contributed by atoms with Gasteiger partial charge in [-0.15, -0.1) is 0 Å².